The first-order valence-electron chi connectivity index (χ1n) is 8.95. The van der Waals surface area contributed by atoms with Gasteiger partial charge in [-0.3, -0.25) is 4.90 Å². The number of thiophene rings is 1. The number of nitrogens with one attached hydrogen (secondary N) is 2. The Morgan fingerprint density at radius 3 is 1.70 bits per heavy atom. The molecule has 9 heteroatoms. The average Bonchev–Trinajstić information content (AvgIpc) is 3.40. The van der Waals surface area contributed by atoms with Gasteiger partial charge in [0.05, 0.1) is 35.2 Å². The SMILES string of the molecule is [Cl-].[Cl-].[Cu+2].c1csc(CN(Cc2nc3ccccc3[nH]2)Cc2nc3ccccc3[nH]2)c1. The fourth-order valence-corrected chi connectivity index (χ4v) is 4.12. The van der Waals surface area contributed by atoms with E-state index in [1.807, 2.05) is 36.4 Å². The number of benzene rings is 2. The monoisotopic (exact) mass is 506 g/mol. The number of aromatic amines is 2. The molecule has 0 bridgehead atoms. The third-order valence-corrected chi connectivity index (χ3v) is 5.44. The van der Waals surface area contributed by atoms with Crippen LogP contribution in [0.15, 0.2) is 66.0 Å². The fraction of sp³-hybridized carbons (Fsp3) is 0.143. The Hall–Kier alpha value is -1.86. The van der Waals surface area contributed by atoms with Crippen molar-refractivity contribution in [1.82, 2.24) is 24.8 Å². The van der Waals surface area contributed by atoms with Gasteiger partial charge in [0.15, 0.2) is 0 Å². The van der Waals surface area contributed by atoms with Crippen LogP contribution in [0.25, 0.3) is 22.1 Å². The van der Waals surface area contributed by atoms with E-state index >= 15 is 0 Å². The van der Waals surface area contributed by atoms with Gasteiger partial charge in [-0.05, 0) is 35.7 Å². The Labute approximate surface area is 201 Å². The molecule has 3 heterocycles. The van der Waals surface area contributed by atoms with Crippen LogP contribution in [0.1, 0.15) is 16.5 Å². The van der Waals surface area contributed by atoms with Crippen LogP contribution in [0.4, 0.5) is 0 Å². The van der Waals surface area contributed by atoms with Crippen molar-refractivity contribution in [3.63, 3.8) is 0 Å². The minimum Gasteiger partial charge on any atom is -1.00 e. The molecule has 0 aliphatic rings. The first kappa shape index (κ1) is 24.4. The Morgan fingerprint density at radius 2 is 1.23 bits per heavy atom. The predicted molar refractivity (Wildman–Crippen MR) is 109 cm³/mol. The van der Waals surface area contributed by atoms with Crippen LogP contribution in [-0.2, 0) is 36.7 Å². The van der Waals surface area contributed by atoms with E-state index in [2.05, 4.69) is 44.5 Å². The van der Waals surface area contributed by atoms with E-state index in [4.69, 9.17) is 9.97 Å². The van der Waals surface area contributed by atoms with Gasteiger partial charge in [-0.1, -0.05) is 30.3 Å². The first-order valence-corrected chi connectivity index (χ1v) is 9.83. The van der Waals surface area contributed by atoms with Crippen molar-refractivity contribution in [3.05, 3.63) is 82.6 Å². The maximum Gasteiger partial charge on any atom is 2.00 e. The van der Waals surface area contributed by atoms with Crippen molar-refractivity contribution < 1.29 is 41.9 Å². The minimum absolute atomic E-state index is 0. The number of halogens is 2. The van der Waals surface area contributed by atoms with Gasteiger partial charge in [-0.25, -0.2) is 9.97 Å². The van der Waals surface area contributed by atoms with Crippen LogP contribution in [0.2, 0.25) is 0 Å². The smallest absolute Gasteiger partial charge is 1.00 e. The van der Waals surface area contributed by atoms with E-state index < -0.39 is 0 Å². The predicted octanol–water partition coefficient (Wildman–Crippen LogP) is -1.29. The standard InChI is InChI=1S/C21H19N5S.2ClH.Cu/c1-2-8-17-16(7-1)22-20(23-17)13-26(12-15-6-5-11-27-15)14-21-24-18-9-3-4-10-19(18)25-21;;;/h1-11H,12-14H2,(H,22,23)(H,24,25);2*1H;/q;;;+2/p-2. The van der Waals surface area contributed by atoms with Crippen LogP contribution in [-0.4, -0.2) is 24.8 Å². The van der Waals surface area contributed by atoms with Crippen LogP contribution in [0, 0.1) is 0 Å². The maximum atomic E-state index is 4.74. The molecule has 2 N–H and O–H groups in total. The molecule has 0 unspecified atom stereocenters. The normalized spacial score (nSPS) is 10.6. The van der Waals surface area contributed by atoms with Gasteiger partial charge in [0, 0.05) is 11.4 Å². The zero-order valence-corrected chi connectivity index (χ0v) is 19.0. The van der Waals surface area contributed by atoms with Crippen LogP contribution < -0.4 is 24.8 Å². The third-order valence-electron chi connectivity index (χ3n) is 4.58. The molecule has 0 spiro atoms. The van der Waals surface area contributed by atoms with Gasteiger partial charge in [0.1, 0.15) is 11.6 Å². The number of fused-ring (bicyclic) bond motifs is 2. The second-order valence-corrected chi connectivity index (χ2v) is 7.66. The number of hydrogen-bond acceptors (Lipinski definition) is 4. The Bertz CT molecular complexity index is 1050. The fourth-order valence-electron chi connectivity index (χ4n) is 3.38. The molecular formula is C21H19Cl2CuN5S. The second-order valence-electron chi connectivity index (χ2n) is 6.63. The van der Waals surface area contributed by atoms with Crippen LogP contribution in [0.5, 0.6) is 0 Å². The number of H-pyrrole nitrogens is 2. The Morgan fingerprint density at radius 1 is 0.700 bits per heavy atom. The molecule has 159 valence electrons. The molecule has 0 atom stereocenters. The molecule has 5 aromatic rings. The molecule has 0 fully saturated rings. The van der Waals surface area contributed by atoms with Crippen molar-refractivity contribution in [2.24, 2.45) is 0 Å². The average molecular weight is 508 g/mol. The molecule has 3 aromatic heterocycles. The van der Waals surface area contributed by atoms with E-state index in [1.54, 1.807) is 11.3 Å². The van der Waals surface area contributed by atoms with E-state index in [0.717, 1.165) is 53.3 Å². The van der Waals surface area contributed by atoms with Gasteiger partial charge in [-0.2, -0.15) is 0 Å². The Kier molecular flexibility index (Phi) is 8.91. The molecule has 0 saturated carbocycles. The molecule has 0 aliphatic carbocycles. The molecule has 30 heavy (non-hydrogen) atoms. The summed E-state index contributed by atoms with van der Waals surface area (Å²) in [4.78, 5) is 20.1. The molecule has 5 nitrogen and oxygen atoms in total. The first-order chi connectivity index (χ1) is 13.3. The molecule has 1 radical (unpaired) electrons. The van der Waals surface area contributed by atoms with E-state index in [1.165, 1.54) is 4.88 Å². The third kappa shape index (κ3) is 5.43. The van der Waals surface area contributed by atoms with E-state index in [9.17, 15) is 0 Å². The largest absolute Gasteiger partial charge is 2.00 e. The summed E-state index contributed by atoms with van der Waals surface area (Å²) in [6, 6.07) is 20.6. The zero-order chi connectivity index (χ0) is 18.1. The summed E-state index contributed by atoms with van der Waals surface area (Å²) in [5.74, 6) is 1.95. The van der Waals surface area contributed by atoms with Gasteiger partial charge < -0.3 is 34.8 Å². The van der Waals surface area contributed by atoms with Crippen molar-refractivity contribution in [1.29, 1.82) is 0 Å². The van der Waals surface area contributed by atoms with Gasteiger partial charge in [-0.15, -0.1) is 11.3 Å². The maximum absolute atomic E-state index is 4.74. The van der Waals surface area contributed by atoms with Crippen molar-refractivity contribution in [2.45, 2.75) is 19.6 Å². The number of imidazole rings is 2. The van der Waals surface area contributed by atoms with Gasteiger partial charge >= 0.3 is 17.1 Å². The summed E-state index contributed by atoms with van der Waals surface area (Å²) in [5.41, 5.74) is 4.17. The summed E-state index contributed by atoms with van der Waals surface area (Å²) in [6.07, 6.45) is 0. The second kappa shape index (κ2) is 11.0. The van der Waals surface area contributed by atoms with Gasteiger partial charge in [0.25, 0.3) is 0 Å². The van der Waals surface area contributed by atoms with E-state index in [-0.39, 0.29) is 41.9 Å². The number of para-hydroxylation sites is 4. The number of nitrogens with zero attached hydrogens (tertiary/aromatic N) is 3. The zero-order valence-electron chi connectivity index (χ0n) is 15.8. The molecule has 2 aromatic carbocycles. The molecule has 0 saturated heterocycles. The quantitative estimate of drug-likeness (QED) is 0.281. The van der Waals surface area contributed by atoms with Gasteiger partial charge in [0.2, 0.25) is 0 Å². The number of hydrogen-bond donors (Lipinski definition) is 2. The summed E-state index contributed by atoms with van der Waals surface area (Å²) >= 11 is 1.78. The molecule has 0 aliphatic heterocycles. The molecule has 0 amide bonds. The van der Waals surface area contributed by atoms with Crippen molar-refractivity contribution >= 4 is 33.4 Å². The summed E-state index contributed by atoms with van der Waals surface area (Å²) < 4.78 is 0. The number of rotatable bonds is 6. The number of aromatic nitrogens is 4. The Balaban J connectivity index is 0.00000107. The van der Waals surface area contributed by atoms with Crippen molar-refractivity contribution in [2.75, 3.05) is 0 Å². The molecular weight excluding hydrogens is 489 g/mol. The van der Waals surface area contributed by atoms with Crippen LogP contribution in [0.3, 0.4) is 0 Å². The van der Waals surface area contributed by atoms with Crippen LogP contribution >= 0.6 is 11.3 Å². The topological polar surface area (TPSA) is 60.6 Å². The molecule has 5 rings (SSSR count). The van der Waals surface area contributed by atoms with E-state index in [0.29, 0.717) is 0 Å². The summed E-state index contributed by atoms with van der Waals surface area (Å²) in [6.45, 7) is 2.35. The summed E-state index contributed by atoms with van der Waals surface area (Å²) in [5, 5.41) is 2.12. The summed E-state index contributed by atoms with van der Waals surface area (Å²) in [7, 11) is 0. The van der Waals surface area contributed by atoms with Crippen molar-refractivity contribution in [3.8, 4) is 0 Å². The minimum atomic E-state index is 0.